The zero-order valence-corrected chi connectivity index (χ0v) is 13.0. The van der Waals surface area contributed by atoms with E-state index in [9.17, 15) is 19.3 Å². The Morgan fingerprint density at radius 3 is 2.78 bits per heavy atom. The number of hydrogen-bond donors (Lipinski definition) is 1. The van der Waals surface area contributed by atoms with Crippen molar-refractivity contribution in [2.75, 3.05) is 5.32 Å². The Kier molecular flexibility index (Phi) is 3.97. The Morgan fingerprint density at radius 2 is 2.04 bits per heavy atom. The minimum atomic E-state index is -0.551. The van der Waals surface area contributed by atoms with Crippen molar-refractivity contribution in [1.29, 1.82) is 0 Å². The van der Waals surface area contributed by atoms with Crippen molar-refractivity contribution in [2.45, 2.75) is 0 Å². The molecule has 23 heavy (non-hydrogen) atoms. The van der Waals surface area contributed by atoms with Crippen LogP contribution in [0.3, 0.4) is 0 Å². The van der Waals surface area contributed by atoms with Gasteiger partial charge in [0, 0.05) is 27.9 Å². The molecule has 0 fully saturated rings. The van der Waals surface area contributed by atoms with Gasteiger partial charge in [0.1, 0.15) is 10.7 Å². The van der Waals surface area contributed by atoms with E-state index >= 15 is 0 Å². The summed E-state index contributed by atoms with van der Waals surface area (Å²) in [5, 5.41) is 14.1. The van der Waals surface area contributed by atoms with E-state index in [0.717, 1.165) is 11.3 Å². The van der Waals surface area contributed by atoms with Crippen LogP contribution in [0.25, 0.3) is 10.1 Å². The molecule has 1 N–H and O–H groups in total. The molecule has 0 radical (unpaired) electrons. The first-order valence-corrected chi connectivity index (χ1v) is 7.58. The molecule has 116 valence electrons. The van der Waals surface area contributed by atoms with Crippen molar-refractivity contribution in [2.24, 2.45) is 0 Å². The quantitative estimate of drug-likeness (QED) is 0.542. The molecule has 0 unspecified atom stereocenters. The van der Waals surface area contributed by atoms with Crippen LogP contribution in [0, 0.1) is 15.9 Å². The molecule has 1 amide bonds. The standard InChI is InChI=1S/C15H8ClFN2O3S/c16-13-11-5-4-8(17)6-12(11)23-14(13)15(20)18-9-2-1-3-10(7-9)19(21)22/h1-7H,(H,18,20). The van der Waals surface area contributed by atoms with Crippen LogP contribution >= 0.6 is 22.9 Å². The number of nitro groups is 1. The van der Waals surface area contributed by atoms with Crippen LogP contribution in [0.1, 0.15) is 9.67 Å². The van der Waals surface area contributed by atoms with Gasteiger partial charge < -0.3 is 5.32 Å². The largest absolute Gasteiger partial charge is 0.321 e. The number of carbonyl (C=O) groups is 1. The molecular weight excluding hydrogens is 343 g/mol. The summed E-state index contributed by atoms with van der Waals surface area (Å²) in [4.78, 5) is 22.7. The van der Waals surface area contributed by atoms with Crippen molar-refractivity contribution in [3.63, 3.8) is 0 Å². The highest BCUT2D eigenvalue weighted by Crippen LogP contribution is 2.36. The zero-order valence-electron chi connectivity index (χ0n) is 11.4. The SMILES string of the molecule is O=C(Nc1cccc([N+](=O)[O-])c1)c1sc2cc(F)ccc2c1Cl. The summed E-state index contributed by atoms with van der Waals surface area (Å²) in [7, 11) is 0. The molecule has 0 aliphatic rings. The molecule has 0 aliphatic carbocycles. The monoisotopic (exact) mass is 350 g/mol. The van der Waals surface area contributed by atoms with Crippen molar-refractivity contribution >= 4 is 50.3 Å². The third-order valence-electron chi connectivity index (χ3n) is 3.11. The van der Waals surface area contributed by atoms with Gasteiger partial charge in [-0.05, 0) is 24.3 Å². The summed E-state index contributed by atoms with van der Waals surface area (Å²) < 4.78 is 13.8. The Hall–Kier alpha value is -2.51. The number of amides is 1. The van der Waals surface area contributed by atoms with Gasteiger partial charge in [-0.25, -0.2) is 4.39 Å². The van der Waals surface area contributed by atoms with Crippen molar-refractivity contribution in [3.8, 4) is 0 Å². The Labute approximate surface area is 138 Å². The molecule has 1 aromatic heterocycles. The third kappa shape index (κ3) is 3.01. The van der Waals surface area contributed by atoms with Gasteiger partial charge in [-0.2, -0.15) is 0 Å². The first kappa shape index (κ1) is 15.4. The number of thiophene rings is 1. The molecule has 0 atom stereocenters. The number of hydrogen-bond acceptors (Lipinski definition) is 4. The van der Waals surface area contributed by atoms with E-state index in [1.807, 2.05) is 0 Å². The number of nitro benzene ring substituents is 1. The van der Waals surface area contributed by atoms with Crippen LogP contribution in [0.2, 0.25) is 5.02 Å². The van der Waals surface area contributed by atoms with Crippen molar-refractivity contribution in [1.82, 2.24) is 0 Å². The van der Waals surface area contributed by atoms with Gasteiger partial charge in [0.2, 0.25) is 0 Å². The molecule has 2 aromatic carbocycles. The number of rotatable bonds is 3. The highest BCUT2D eigenvalue weighted by molar-refractivity contribution is 7.21. The van der Waals surface area contributed by atoms with E-state index in [4.69, 9.17) is 11.6 Å². The normalized spacial score (nSPS) is 10.7. The summed E-state index contributed by atoms with van der Waals surface area (Å²) in [6.45, 7) is 0. The van der Waals surface area contributed by atoms with Gasteiger partial charge in [0.15, 0.2) is 0 Å². The number of anilines is 1. The average molecular weight is 351 g/mol. The number of nitrogens with one attached hydrogen (secondary N) is 1. The van der Waals surface area contributed by atoms with Crippen LogP contribution in [0.5, 0.6) is 0 Å². The smallest absolute Gasteiger partial charge is 0.271 e. The highest BCUT2D eigenvalue weighted by atomic mass is 35.5. The maximum atomic E-state index is 13.2. The second-order valence-electron chi connectivity index (χ2n) is 4.65. The number of halogens is 2. The molecular formula is C15H8ClFN2O3S. The van der Waals surface area contributed by atoms with Crippen LogP contribution in [-0.2, 0) is 0 Å². The number of nitrogens with zero attached hydrogens (tertiary/aromatic N) is 1. The van der Waals surface area contributed by atoms with Crippen LogP contribution < -0.4 is 5.32 Å². The maximum absolute atomic E-state index is 13.2. The minimum Gasteiger partial charge on any atom is -0.321 e. The fraction of sp³-hybridized carbons (Fsp3) is 0. The molecule has 0 aliphatic heterocycles. The van der Waals surface area contributed by atoms with Crippen molar-refractivity contribution in [3.05, 3.63) is 68.3 Å². The van der Waals surface area contributed by atoms with Crippen molar-refractivity contribution < 1.29 is 14.1 Å². The summed E-state index contributed by atoms with van der Waals surface area (Å²) in [5.74, 6) is -0.918. The summed E-state index contributed by atoms with van der Waals surface area (Å²) in [6.07, 6.45) is 0. The van der Waals surface area contributed by atoms with Gasteiger partial charge >= 0.3 is 0 Å². The maximum Gasteiger partial charge on any atom is 0.271 e. The number of fused-ring (bicyclic) bond motifs is 1. The lowest BCUT2D eigenvalue weighted by molar-refractivity contribution is -0.384. The Morgan fingerprint density at radius 1 is 1.26 bits per heavy atom. The number of benzene rings is 2. The molecule has 0 saturated heterocycles. The predicted octanol–water partition coefficient (Wildman–Crippen LogP) is 4.85. The van der Waals surface area contributed by atoms with Gasteiger partial charge in [0.05, 0.1) is 9.95 Å². The van der Waals surface area contributed by atoms with E-state index in [0.29, 0.717) is 10.1 Å². The van der Waals surface area contributed by atoms with Gasteiger partial charge in [-0.3, -0.25) is 14.9 Å². The lowest BCUT2D eigenvalue weighted by Crippen LogP contribution is -2.10. The second kappa shape index (κ2) is 5.94. The molecule has 3 rings (SSSR count). The fourth-order valence-corrected chi connectivity index (χ4v) is 3.51. The summed E-state index contributed by atoms with van der Waals surface area (Å²) >= 11 is 7.23. The van der Waals surface area contributed by atoms with E-state index < -0.39 is 16.6 Å². The first-order chi connectivity index (χ1) is 11.0. The summed E-state index contributed by atoms with van der Waals surface area (Å²) in [5.41, 5.74) is 0.149. The number of carbonyl (C=O) groups excluding carboxylic acids is 1. The van der Waals surface area contributed by atoms with Crippen LogP contribution in [0.4, 0.5) is 15.8 Å². The minimum absolute atomic E-state index is 0.132. The van der Waals surface area contributed by atoms with E-state index in [1.54, 1.807) is 0 Å². The van der Waals surface area contributed by atoms with Gasteiger partial charge in [-0.1, -0.05) is 17.7 Å². The molecule has 0 spiro atoms. The molecule has 3 aromatic rings. The fourth-order valence-electron chi connectivity index (χ4n) is 2.07. The lowest BCUT2D eigenvalue weighted by atomic mass is 10.2. The van der Waals surface area contributed by atoms with Gasteiger partial charge in [-0.15, -0.1) is 11.3 Å². The predicted molar refractivity (Wildman–Crippen MR) is 87.8 cm³/mol. The molecule has 1 heterocycles. The number of non-ortho nitro benzene ring substituents is 1. The lowest BCUT2D eigenvalue weighted by Gasteiger charge is -2.03. The molecule has 8 heteroatoms. The molecule has 5 nitrogen and oxygen atoms in total. The first-order valence-electron chi connectivity index (χ1n) is 6.39. The second-order valence-corrected chi connectivity index (χ2v) is 6.08. The topological polar surface area (TPSA) is 72.2 Å². The van der Waals surface area contributed by atoms with Gasteiger partial charge in [0.25, 0.3) is 11.6 Å². The van der Waals surface area contributed by atoms with E-state index in [-0.39, 0.29) is 21.3 Å². The van der Waals surface area contributed by atoms with Crippen LogP contribution in [-0.4, -0.2) is 10.8 Å². The Balaban J connectivity index is 1.93. The van der Waals surface area contributed by atoms with E-state index in [1.165, 1.54) is 42.5 Å². The van der Waals surface area contributed by atoms with Crippen LogP contribution in [0.15, 0.2) is 42.5 Å². The molecule has 0 bridgehead atoms. The Bertz CT molecular complexity index is 942. The third-order valence-corrected chi connectivity index (χ3v) is 4.77. The average Bonchev–Trinajstić information content (AvgIpc) is 2.84. The highest BCUT2D eigenvalue weighted by Gasteiger charge is 2.18. The van der Waals surface area contributed by atoms with E-state index in [2.05, 4.69) is 5.32 Å². The molecule has 0 saturated carbocycles. The summed E-state index contributed by atoms with van der Waals surface area (Å²) in [6, 6.07) is 9.65. The zero-order chi connectivity index (χ0) is 16.6.